The van der Waals surface area contributed by atoms with Crippen LogP contribution in [0.2, 0.25) is 0 Å². The fourth-order valence-electron chi connectivity index (χ4n) is 1.98. The van der Waals surface area contributed by atoms with Crippen LogP contribution in [0.1, 0.15) is 6.92 Å². The molecule has 0 spiro atoms. The number of nitrogens with two attached hydrogens (primary N) is 1. The Hall–Kier alpha value is -1.51. The van der Waals surface area contributed by atoms with Crippen LogP contribution in [0, 0.1) is 5.82 Å². The van der Waals surface area contributed by atoms with Crippen molar-refractivity contribution in [2.75, 3.05) is 19.7 Å². The number of hydrogen-bond acceptors (Lipinski definition) is 4. The zero-order valence-corrected chi connectivity index (χ0v) is 11.7. The first-order valence-electron chi connectivity index (χ1n) is 5.96. The van der Waals surface area contributed by atoms with Crippen LogP contribution in [0.15, 0.2) is 29.2 Å². The normalized spacial score (nSPS) is 24.5. The van der Waals surface area contributed by atoms with Gasteiger partial charge in [-0.3, -0.25) is 4.79 Å². The fourth-order valence-corrected chi connectivity index (χ4v) is 3.56. The van der Waals surface area contributed by atoms with Crippen LogP contribution in [-0.2, 0) is 19.6 Å². The Morgan fingerprint density at radius 2 is 2.10 bits per heavy atom. The maximum absolute atomic E-state index is 13.7. The van der Waals surface area contributed by atoms with Crippen LogP contribution >= 0.6 is 0 Å². The fraction of sp³-hybridized carbons (Fsp3) is 0.417. The molecule has 1 aromatic rings. The highest BCUT2D eigenvalue weighted by atomic mass is 32.2. The van der Waals surface area contributed by atoms with Crippen molar-refractivity contribution in [1.82, 2.24) is 4.31 Å². The lowest BCUT2D eigenvalue weighted by Gasteiger charge is -2.37. The van der Waals surface area contributed by atoms with Crippen molar-refractivity contribution in [3.8, 4) is 0 Å². The van der Waals surface area contributed by atoms with Gasteiger partial charge in [-0.1, -0.05) is 12.1 Å². The van der Waals surface area contributed by atoms with Gasteiger partial charge in [-0.2, -0.15) is 4.31 Å². The van der Waals surface area contributed by atoms with E-state index in [2.05, 4.69) is 0 Å². The second-order valence-corrected chi connectivity index (χ2v) is 6.62. The molecule has 6 nitrogen and oxygen atoms in total. The van der Waals surface area contributed by atoms with E-state index < -0.39 is 32.2 Å². The molecule has 0 unspecified atom stereocenters. The van der Waals surface area contributed by atoms with Gasteiger partial charge >= 0.3 is 0 Å². The van der Waals surface area contributed by atoms with Crippen LogP contribution < -0.4 is 5.73 Å². The quantitative estimate of drug-likeness (QED) is 0.857. The Labute approximate surface area is 116 Å². The molecule has 20 heavy (non-hydrogen) atoms. The summed E-state index contributed by atoms with van der Waals surface area (Å²) in [5.74, 6) is -1.59. The van der Waals surface area contributed by atoms with E-state index in [9.17, 15) is 17.6 Å². The zero-order chi connectivity index (χ0) is 15.0. The third-order valence-corrected chi connectivity index (χ3v) is 5.09. The number of ether oxygens (including phenoxy) is 1. The minimum Gasteiger partial charge on any atom is -0.367 e. The molecule has 1 aliphatic heterocycles. The van der Waals surface area contributed by atoms with Crippen molar-refractivity contribution in [2.45, 2.75) is 17.4 Å². The molecule has 0 aliphatic carbocycles. The summed E-state index contributed by atoms with van der Waals surface area (Å²) in [5.41, 5.74) is 3.81. The number of rotatable bonds is 3. The van der Waals surface area contributed by atoms with Gasteiger partial charge in [-0.05, 0) is 19.1 Å². The SMILES string of the molecule is C[C@]1(C(N)=O)CN(S(=O)(=O)c2ccccc2F)CCO1. The van der Waals surface area contributed by atoms with Crippen molar-refractivity contribution >= 4 is 15.9 Å². The predicted octanol–water partition coefficient (Wildman–Crippen LogP) is 0.0906. The van der Waals surface area contributed by atoms with Gasteiger partial charge in [0.2, 0.25) is 10.0 Å². The van der Waals surface area contributed by atoms with E-state index in [0.717, 1.165) is 10.4 Å². The standard InChI is InChI=1S/C12H15FN2O4S/c1-12(11(14)16)8-15(6-7-19-12)20(17,18)10-5-3-2-4-9(10)13/h2-5H,6-8H2,1H3,(H2,14,16)/t12-/m1/s1. The molecule has 110 valence electrons. The number of hydrogen-bond donors (Lipinski definition) is 1. The van der Waals surface area contributed by atoms with Gasteiger partial charge in [0, 0.05) is 6.54 Å². The van der Waals surface area contributed by atoms with Crippen molar-refractivity contribution in [2.24, 2.45) is 5.73 Å². The maximum atomic E-state index is 13.7. The molecule has 0 saturated carbocycles. The average Bonchev–Trinajstić information content (AvgIpc) is 2.39. The molecule has 0 radical (unpaired) electrons. The summed E-state index contributed by atoms with van der Waals surface area (Å²) in [6.07, 6.45) is 0. The number of benzene rings is 1. The van der Waals surface area contributed by atoms with Gasteiger partial charge in [0.05, 0.1) is 13.2 Å². The van der Waals surface area contributed by atoms with Crippen LogP contribution in [-0.4, -0.2) is 43.9 Å². The van der Waals surface area contributed by atoms with Gasteiger partial charge in [0.1, 0.15) is 10.7 Å². The van der Waals surface area contributed by atoms with E-state index in [0.29, 0.717) is 0 Å². The van der Waals surface area contributed by atoms with Gasteiger partial charge in [0.25, 0.3) is 5.91 Å². The highest BCUT2D eigenvalue weighted by Crippen LogP contribution is 2.25. The van der Waals surface area contributed by atoms with Crippen LogP contribution in [0.3, 0.4) is 0 Å². The van der Waals surface area contributed by atoms with Crippen LogP contribution in [0.4, 0.5) is 4.39 Å². The molecule has 1 amide bonds. The second-order valence-electron chi connectivity index (χ2n) is 4.71. The third kappa shape index (κ3) is 2.54. The monoisotopic (exact) mass is 302 g/mol. The molecule has 2 rings (SSSR count). The second kappa shape index (κ2) is 5.12. The maximum Gasteiger partial charge on any atom is 0.250 e. The lowest BCUT2D eigenvalue weighted by Crippen LogP contribution is -2.58. The number of morpholine rings is 1. The minimum absolute atomic E-state index is 0.0210. The number of carbonyl (C=O) groups excluding carboxylic acids is 1. The number of carbonyl (C=O) groups is 1. The number of sulfonamides is 1. The predicted molar refractivity (Wildman–Crippen MR) is 68.7 cm³/mol. The van der Waals surface area contributed by atoms with Crippen molar-refractivity contribution in [3.63, 3.8) is 0 Å². The van der Waals surface area contributed by atoms with Gasteiger partial charge in [0.15, 0.2) is 5.60 Å². The van der Waals surface area contributed by atoms with E-state index in [4.69, 9.17) is 10.5 Å². The molecule has 1 saturated heterocycles. The Kier molecular flexibility index (Phi) is 3.81. The summed E-state index contributed by atoms with van der Waals surface area (Å²) in [4.78, 5) is 10.9. The van der Waals surface area contributed by atoms with E-state index >= 15 is 0 Å². The van der Waals surface area contributed by atoms with Crippen LogP contribution in [0.5, 0.6) is 0 Å². The smallest absolute Gasteiger partial charge is 0.250 e. The van der Waals surface area contributed by atoms with Gasteiger partial charge in [-0.15, -0.1) is 0 Å². The summed E-state index contributed by atoms with van der Waals surface area (Å²) in [5, 5.41) is 0. The van der Waals surface area contributed by atoms with E-state index in [-0.39, 0.29) is 19.7 Å². The number of primary amides is 1. The highest BCUT2D eigenvalue weighted by molar-refractivity contribution is 7.89. The molecular weight excluding hydrogens is 287 g/mol. The van der Waals surface area contributed by atoms with E-state index in [1.165, 1.54) is 25.1 Å². The van der Waals surface area contributed by atoms with Gasteiger partial charge in [-0.25, -0.2) is 12.8 Å². The number of amides is 1. The van der Waals surface area contributed by atoms with E-state index in [1.807, 2.05) is 0 Å². The molecule has 8 heteroatoms. The minimum atomic E-state index is -4.03. The van der Waals surface area contributed by atoms with Gasteiger partial charge < -0.3 is 10.5 Å². The molecule has 0 bridgehead atoms. The largest absolute Gasteiger partial charge is 0.367 e. The molecule has 1 heterocycles. The Bertz CT molecular complexity index is 634. The Morgan fingerprint density at radius 3 is 2.70 bits per heavy atom. The first kappa shape index (κ1) is 14.9. The topological polar surface area (TPSA) is 89.7 Å². The van der Waals surface area contributed by atoms with Crippen molar-refractivity contribution in [3.05, 3.63) is 30.1 Å². The summed E-state index contributed by atoms with van der Waals surface area (Å²) in [6.45, 7) is 1.24. The molecule has 1 atom stereocenters. The number of halogens is 1. The Morgan fingerprint density at radius 1 is 1.45 bits per heavy atom. The Balaban J connectivity index is 2.36. The van der Waals surface area contributed by atoms with Crippen molar-refractivity contribution < 1.29 is 22.3 Å². The summed E-state index contributed by atoms with van der Waals surface area (Å²) >= 11 is 0. The van der Waals surface area contributed by atoms with Crippen molar-refractivity contribution in [1.29, 1.82) is 0 Å². The third-order valence-electron chi connectivity index (χ3n) is 3.22. The zero-order valence-electron chi connectivity index (χ0n) is 10.9. The lowest BCUT2D eigenvalue weighted by atomic mass is 10.1. The first-order chi connectivity index (χ1) is 9.27. The number of nitrogens with zero attached hydrogens (tertiary/aromatic N) is 1. The molecular formula is C12H15FN2O4S. The average molecular weight is 302 g/mol. The molecule has 2 N–H and O–H groups in total. The van der Waals surface area contributed by atoms with E-state index in [1.54, 1.807) is 0 Å². The summed E-state index contributed by atoms with van der Waals surface area (Å²) in [6, 6.07) is 5.09. The summed E-state index contributed by atoms with van der Waals surface area (Å²) < 4.78 is 44.7. The first-order valence-corrected chi connectivity index (χ1v) is 7.40. The molecule has 1 aromatic carbocycles. The molecule has 0 aromatic heterocycles. The summed E-state index contributed by atoms with van der Waals surface area (Å²) in [7, 11) is -4.03. The highest BCUT2D eigenvalue weighted by Gasteiger charge is 2.42. The molecule has 1 aliphatic rings. The van der Waals surface area contributed by atoms with Crippen LogP contribution in [0.25, 0.3) is 0 Å². The molecule has 1 fully saturated rings. The lowest BCUT2D eigenvalue weighted by molar-refractivity contribution is -0.148.